The Labute approximate surface area is 264 Å². The summed E-state index contributed by atoms with van der Waals surface area (Å²) in [6.07, 6.45) is 3.95. The Kier molecular flexibility index (Phi) is 9.70. The van der Waals surface area contributed by atoms with Crippen LogP contribution in [-0.2, 0) is 25.8 Å². The van der Waals surface area contributed by atoms with Gasteiger partial charge in [0.15, 0.2) is 5.78 Å². The highest BCUT2D eigenvalue weighted by Crippen LogP contribution is 2.30. The van der Waals surface area contributed by atoms with Crippen molar-refractivity contribution in [2.45, 2.75) is 50.9 Å². The number of benzene rings is 2. The number of carbonyl (C=O) groups is 4. The van der Waals surface area contributed by atoms with E-state index >= 15 is 0 Å². The lowest BCUT2D eigenvalue weighted by Gasteiger charge is -2.29. The van der Waals surface area contributed by atoms with Crippen molar-refractivity contribution in [2.75, 3.05) is 6.61 Å². The molecule has 2 amide bonds. The first-order valence-electron chi connectivity index (χ1n) is 14.7. The van der Waals surface area contributed by atoms with Crippen LogP contribution in [-0.4, -0.2) is 73.2 Å². The highest BCUT2D eigenvalue weighted by Gasteiger charge is 2.50. The van der Waals surface area contributed by atoms with Crippen LogP contribution in [0.4, 0.5) is 0 Å². The Morgan fingerprint density at radius 2 is 1.78 bits per heavy atom. The number of ether oxygens (including phenoxy) is 1. The number of para-hydroxylation sites is 2. The number of carboxylic acid groups (broad SMARTS) is 1. The van der Waals surface area contributed by atoms with E-state index < -0.39 is 54.3 Å². The molecule has 1 unspecified atom stereocenters. The van der Waals surface area contributed by atoms with Crippen molar-refractivity contribution >= 4 is 40.2 Å². The summed E-state index contributed by atoms with van der Waals surface area (Å²) in [6, 6.07) is 17.4. The minimum absolute atomic E-state index is 0.0503. The van der Waals surface area contributed by atoms with E-state index in [9.17, 15) is 24.3 Å². The van der Waals surface area contributed by atoms with E-state index in [1.807, 2.05) is 44.2 Å². The minimum Gasteiger partial charge on any atom is -0.486 e. The molecule has 0 fully saturated rings. The molecular weight excluding hydrogens is 592 g/mol. The van der Waals surface area contributed by atoms with Gasteiger partial charge in [0.25, 0.3) is 11.8 Å². The van der Waals surface area contributed by atoms with Crippen molar-refractivity contribution < 1.29 is 33.9 Å². The van der Waals surface area contributed by atoms with Crippen LogP contribution in [0.2, 0.25) is 0 Å². The summed E-state index contributed by atoms with van der Waals surface area (Å²) >= 11 is 0. The molecule has 5 rings (SSSR count). The average Bonchev–Trinajstić information content (AvgIpc) is 3.73. The van der Waals surface area contributed by atoms with E-state index in [0.717, 1.165) is 5.39 Å². The quantitative estimate of drug-likeness (QED) is 0.190. The number of nitrogens with one attached hydrogen (secondary N) is 2. The van der Waals surface area contributed by atoms with Crippen LogP contribution in [0.15, 0.2) is 90.6 Å². The first-order valence-corrected chi connectivity index (χ1v) is 14.7. The van der Waals surface area contributed by atoms with Crippen molar-refractivity contribution in [1.29, 1.82) is 0 Å². The molecule has 1 aliphatic heterocycles. The normalized spacial score (nSPS) is 17.1. The van der Waals surface area contributed by atoms with E-state index in [4.69, 9.17) is 9.57 Å². The van der Waals surface area contributed by atoms with Gasteiger partial charge in [-0.1, -0.05) is 61.5 Å². The number of aliphatic carboxylic acids is 1. The van der Waals surface area contributed by atoms with Gasteiger partial charge in [-0.3, -0.25) is 19.2 Å². The van der Waals surface area contributed by atoms with Gasteiger partial charge in [0.1, 0.15) is 24.1 Å². The number of carbonyl (C=O) groups excluding carboxylic acids is 3. The monoisotopic (exact) mass is 626 g/mol. The molecule has 2 aromatic carbocycles. The summed E-state index contributed by atoms with van der Waals surface area (Å²) in [5, 5.41) is 20.2. The lowest BCUT2D eigenvalue weighted by atomic mass is 9.88. The lowest BCUT2D eigenvalue weighted by molar-refractivity contribution is -0.149. The van der Waals surface area contributed by atoms with E-state index in [2.05, 4.69) is 25.8 Å². The zero-order valence-electron chi connectivity index (χ0n) is 25.3. The van der Waals surface area contributed by atoms with Crippen molar-refractivity contribution in [2.24, 2.45) is 11.1 Å². The topological polar surface area (TPSA) is 174 Å². The van der Waals surface area contributed by atoms with Crippen LogP contribution in [0.25, 0.3) is 10.9 Å². The van der Waals surface area contributed by atoms with Gasteiger partial charge in [-0.15, -0.1) is 0 Å². The fourth-order valence-corrected chi connectivity index (χ4v) is 5.15. The third-order valence-electron chi connectivity index (χ3n) is 7.56. The van der Waals surface area contributed by atoms with E-state index in [-0.39, 0.29) is 24.6 Å². The van der Waals surface area contributed by atoms with E-state index in [1.165, 1.54) is 12.5 Å². The number of Topliss-reactive ketones (excluding diaryl/α,β-unsaturated/α-hetero) is 1. The Balaban J connectivity index is 1.34. The molecule has 0 radical (unpaired) electrons. The Morgan fingerprint density at radius 3 is 2.50 bits per heavy atom. The number of amides is 2. The molecule has 0 saturated carbocycles. The van der Waals surface area contributed by atoms with Crippen molar-refractivity contribution in [3.05, 3.63) is 91.1 Å². The maximum Gasteiger partial charge on any atom is 0.305 e. The molecule has 46 heavy (non-hydrogen) atoms. The smallest absolute Gasteiger partial charge is 0.305 e. The second-order valence-electron chi connectivity index (χ2n) is 11.4. The van der Waals surface area contributed by atoms with E-state index in [1.54, 1.807) is 47.2 Å². The Hall–Kier alpha value is -5.59. The number of nitrogens with zero attached hydrogens (tertiary/aromatic N) is 4. The Morgan fingerprint density at radius 1 is 1.02 bits per heavy atom. The number of carboxylic acids is 1. The van der Waals surface area contributed by atoms with Crippen LogP contribution in [0.3, 0.4) is 0 Å². The highest BCUT2D eigenvalue weighted by atomic mass is 16.7. The number of ketones is 1. The third-order valence-corrected chi connectivity index (χ3v) is 7.56. The molecule has 0 spiro atoms. The van der Waals surface area contributed by atoms with Gasteiger partial charge < -0.3 is 29.9 Å². The van der Waals surface area contributed by atoms with Gasteiger partial charge in [0.2, 0.25) is 5.60 Å². The summed E-state index contributed by atoms with van der Waals surface area (Å²) in [7, 11) is 0. The molecule has 3 N–H and O–H groups in total. The molecule has 3 heterocycles. The molecule has 3 atom stereocenters. The zero-order chi connectivity index (χ0) is 32.7. The van der Waals surface area contributed by atoms with Crippen LogP contribution < -0.4 is 15.4 Å². The first kappa shape index (κ1) is 31.8. The van der Waals surface area contributed by atoms with Crippen molar-refractivity contribution in [1.82, 2.24) is 25.2 Å². The highest BCUT2D eigenvalue weighted by molar-refractivity contribution is 6.03. The van der Waals surface area contributed by atoms with Crippen molar-refractivity contribution in [3.8, 4) is 5.75 Å². The third kappa shape index (κ3) is 7.54. The number of imidazole rings is 1. The number of pyridine rings is 1. The molecule has 13 heteroatoms. The van der Waals surface area contributed by atoms with Crippen LogP contribution in [0, 0.1) is 5.92 Å². The fourth-order valence-electron chi connectivity index (χ4n) is 5.15. The molecule has 1 aliphatic rings. The van der Waals surface area contributed by atoms with Gasteiger partial charge >= 0.3 is 5.97 Å². The zero-order valence-corrected chi connectivity index (χ0v) is 25.3. The fraction of sp³-hybridized carbons (Fsp3) is 0.303. The number of rotatable bonds is 14. The largest absolute Gasteiger partial charge is 0.486 e. The Bertz CT molecular complexity index is 1740. The molecule has 4 aromatic rings. The summed E-state index contributed by atoms with van der Waals surface area (Å²) in [6.45, 7) is 3.28. The van der Waals surface area contributed by atoms with Crippen LogP contribution in [0.5, 0.6) is 5.75 Å². The summed E-state index contributed by atoms with van der Waals surface area (Å²) in [5.41, 5.74) is -0.382. The van der Waals surface area contributed by atoms with Crippen molar-refractivity contribution in [3.63, 3.8) is 0 Å². The molecule has 0 bridgehead atoms. The first-order chi connectivity index (χ1) is 22.1. The summed E-state index contributed by atoms with van der Waals surface area (Å²) in [4.78, 5) is 66.4. The molecule has 13 nitrogen and oxygen atoms in total. The number of hydrogen-bond donors (Lipinski definition) is 3. The molecule has 0 aliphatic carbocycles. The second kappa shape index (κ2) is 14.0. The molecular formula is C33H34N6O7. The van der Waals surface area contributed by atoms with Gasteiger partial charge in [-0.25, -0.2) is 9.97 Å². The molecule has 2 aromatic heterocycles. The molecule has 238 valence electrons. The van der Waals surface area contributed by atoms with E-state index in [0.29, 0.717) is 17.0 Å². The number of fused-ring (bicyclic) bond motifs is 1. The maximum absolute atomic E-state index is 13.9. The SMILES string of the molecule is CC(C)[C@H](NC(=O)c1ccc2ccccc2n1)C1=NOC(Cn2ccnc2)(C(=O)N[C@@H](CC(=O)O)C(=O)COc2ccccc2)C1. The van der Waals surface area contributed by atoms with Crippen LogP contribution >= 0.6 is 0 Å². The summed E-state index contributed by atoms with van der Waals surface area (Å²) in [5.74, 6) is -2.82. The predicted octanol–water partition coefficient (Wildman–Crippen LogP) is 3.01. The number of aromatic nitrogens is 3. The summed E-state index contributed by atoms with van der Waals surface area (Å²) < 4.78 is 7.13. The second-order valence-corrected chi connectivity index (χ2v) is 11.4. The van der Waals surface area contributed by atoms with Crippen LogP contribution in [0.1, 0.15) is 37.2 Å². The van der Waals surface area contributed by atoms with Gasteiger partial charge in [-0.05, 0) is 30.2 Å². The number of oxime groups is 1. The number of hydrogen-bond acceptors (Lipinski definition) is 9. The predicted molar refractivity (Wildman–Crippen MR) is 167 cm³/mol. The van der Waals surface area contributed by atoms with Gasteiger partial charge in [0, 0.05) is 24.2 Å². The standard InChI is InChI=1S/C33H34N6O7/c1-21(2)30(37-31(43)25-13-12-22-8-6-7-11-24(22)35-25)27-17-33(46-38-27,19-39-15-14-34-20-39)32(44)36-26(16-29(41)42)28(40)18-45-23-9-4-3-5-10-23/h3-15,20-21,26,30H,16-19H2,1-2H3,(H,36,44)(H,37,43)(H,41,42)/t26-,30-,33?/m0/s1. The average molecular weight is 627 g/mol. The van der Waals surface area contributed by atoms with Gasteiger partial charge in [-0.2, -0.15) is 0 Å². The lowest BCUT2D eigenvalue weighted by Crippen LogP contribution is -2.56. The minimum atomic E-state index is -1.67. The maximum atomic E-state index is 13.9. The van der Waals surface area contributed by atoms with Gasteiger partial charge in [0.05, 0.1) is 36.6 Å². The molecule has 0 saturated heterocycles.